The highest BCUT2D eigenvalue weighted by Gasteiger charge is 2.19. The van der Waals surface area contributed by atoms with Gasteiger partial charge in [0.05, 0.1) is 5.69 Å². The fourth-order valence-electron chi connectivity index (χ4n) is 2.03. The molecule has 0 spiro atoms. The van der Waals surface area contributed by atoms with Gasteiger partial charge in [0.2, 0.25) is 0 Å². The third-order valence-corrected chi connectivity index (χ3v) is 5.24. The Balaban J connectivity index is 2.28. The summed E-state index contributed by atoms with van der Waals surface area (Å²) in [6, 6.07) is 1.70. The summed E-state index contributed by atoms with van der Waals surface area (Å²) in [7, 11) is -1.75. The molecule has 2 N–H and O–H groups in total. The molecule has 0 amide bonds. The molecule has 0 aromatic carbocycles. The van der Waals surface area contributed by atoms with E-state index in [0.29, 0.717) is 11.7 Å². The third-order valence-electron chi connectivity index (χ3n) is 2.93. The van der Waals surface area contributed by atoms with Crippen LogP contribution in [-0.4, -0.2) is 25.0 Å². The predicted molar refractivity (Wildman–Crippen MR) is 85.1 cm³/mol. The van der Waals surface area contributed by atoms with Crippen LogP contribution in [0.15, 0.2) is 22.5 Å². The van der Waals surface area contributed by atoms with Gasteiger partial charge in [-0.25, -0.2) is 13.4 Å². The van der Waals surface area contributed by atoms with Crippen molar-refractivity contribution in [2.24, 2.45) is 0 Å². The number of anilines is 1. The van der Waals surface area contributed by atoms with Gasteiger partial charge in [-0.2, -0.15) is 0 Å². The summed E-state index contributed by atoms with van der Waals surface area (Å²) in [6.07, 6.45) is 2.63. The molecule has 2 aromatic heterocycles. The van der Waals surface area contributed by atoms with Gasteiger partial charge in [0.25, 0.3) is 10.0 Å². The summed E-state index contributed by atoms with van der Waals surface area (Å²) in [6.45, 7) is 5.32. The number of hydrogen-bond acceptors (Lipinski definition) is 5. The minimum atomic E-state index is -3.59. The van der Waals surface area contributed by atoms with Crippen molar-refractivity contribution in [3.8, 4) is 0 Å². The van der Waals surface area contributed by atoms with Gasteiger partial charge < -0.3 is 9.88 Å². The Morgan fingerprint density at radius 3 is 2.76 bits per heavy atom. The van der Waals surface area contributed by atoms with Crippen molar-refractivity contribution in [1.82, 2.24) is 14.9 Å². The topological polar surface area (TPSA) is 76.0 Å². The molecule has 21 heavy (non-hydrogen) atoms. The van der Waals surface area contributed by atoms with Gasteiger partial charge in [-0.15, -0.1) is 11.3 Å². The van der Waals surface area contributed by atoms with Crippen LogP contribution in [0.4, 0.5) is 5.13 Å². The summed E-state index contributed by atoms with van der Waals surface area (Å²) < 4.78 is 29.3. The van der Waals surface area contributed by atoms with E-state index in [1.54, 1.807) is 12.3 Å². The van der Waals surface area contributed by atoms with Crippen molar-refractivity contribution in [3.05, 3.63) is 29.0 Å². The predicted octanol–water partition coefficient (Wildman–Crippen LogP) is 2.18. The molecule has 0 aliphatic carbocycles. The number of sulfonamides is 1. The van der Waals surface area contributed by atoms with E-state index in [0.717, 1.165) is 24.4 Å². The van der Waals surface area contributed by atoms with Crippen LogP contribution in [0.2, 0.25) is 0 Å². The molecule has 0 bridgehead atoms. The fraction of sp³-hybridized carbons (Fsp3) is 0.462. The first kappa shape index (κ1) is 16.0. The highest BCUT2D eigenvalue weighted by atomic mass is 32.2. The van der Waals surface area contributed by atoms with E-state index in [-0.39, 0.29) is 4.90 Å². The highest BCUT2D eigenvalue weighted by Crippen LogP contribution is 2.21. The molecule has 8 heteroatoms. The molecule has 0 aliphatic rings. The lowest BCUT2D eigenvalue weighted by atomic mass is 10.4. The van der Waals surface area contributed by atoms with Crippen LogP contribution in [0, 0.1) is 6.92 Å². The molecule has 0 saturated heterocycles. The van der Waals surface area contributed by atoms with E-state index in [9.17, 15) is 8.42 Å². The second-order valence-electron chi connectivity index (χ2n) is 4.79. The van der Waals surface area contributed by atoms with Gasteiger partial charge in [0, 0.05) is 30.4 Å². The maximum absolute atomic E-state index is 12.4. The zero-order valence-electron chi connectivity index (χ0n) is 12.4. The van der Waals surface area contributed by atoms with Crippen LogP contribution in [-0.2, 0) is 23.1 Å². The van der Waals surface area contributed by atoms with Crippen molar-refractivity contribution in [3.63, 3.8) is 0 Å². The number of aromatic nitrogens is 2. The van der Waals surface area contributed by atoms with Crippen LogP contribution in [0.25, 0.3) is 0 Å². The van der Waals surface area contributed by atoms with E-state index in [1.807, 2.05) is 23.9 Å². The molecular formula is C13H20N4O2S2. The number of thiazole rings is 1. The van der Waals surface area contributed by atoms with Crippen molar-refractivity contribution in [1.29, 1.82) is 0 Å². The fourth-order valence-corrected chi connectivity index (χ4v) is 4.03. The molecule has 0 radical (unpaired) electrons. The van der Waals surface area contributed by atoms with Crippen LogP contribution in [0.1, 0.15) is 24.7 Å². The van der Waals surface area contributed by atoms with E-state index >= 15 is 0 Å². The highest BCUT2D eigenvalue weighted by molar-refractivity contribution is 7.93. The maximum Gasteiger partial charge on any atom is 0.265 e. The summed E-state index contributed by atoms with van der Waals surface area (Å²) in [4.78, 5) is 4.40. The van der Waals surface area contributed by atoms with Crippen molar-refractivity contribution in [2.45, 2.75) is 38.3 Å². The molecule has 0 atom stereocenters. The zero-order chi connectivity index (χ0) is 15.5. The van der Waals surface area contributed by atoms with Gasteiger partial charge in [-0.3, -0.25) is 4.72 Å². The van der Waals surface area contributed by atoms with Gasteiger partial charge in [-0.05, 0) is 26.5 Å². The number of hydrogen-bond donors (Lipinski definition) is 2. The first-order valence-corrected chi connectivity index (χ1v) is 9.11. The smallest absolute Gasteiger partial charge is 0.265 e. The minimum absolute atomic E-state index is 0.272. The maximum atomic E-state index is 12.4. The molecular weight excluding hydrogens is 308 g/mol. The minimum Gasteiger partial charge on any atom is -0.349 e. The van der Waals surface area contributed by atoms with Gasteiger partial charge >= 0.3 is 0 Å². The van der Waals surface area contributed by atoms with Crippen molar-refractivity contribution in [2.75, 3.05) is 11.8 Å². The molecule has 6 nitrogen and oxygen atoms in total. The first-order valence-electron chi connectivity index (χ1n) is 6.75. The van der Waals surface area contributed by atoms with E-state index in [1.165, 1.54) is 11.3 Å². The summed E-state index contributed by atoms with van der Waals surface area (Å²) in [5, 5.41) is 5.26. The number of aryl methyl sites for hydroxylation is 2. The largest absolute Gasteiger partial charge is 0.349 e. The Morgan fingerprint density at radius 2 is 2.19 bits per heavy atom. The molecule has 2 heterocycles. The molecule has 0 aliphatic heterocycles. The average Bonchev–Trinajstić information content (AvgIpc) is 2.98. The Morgan fingerprint density at radius 1 is 1.43 bits per heavy atom. The summed E-state index contributed by atoms with van der Waals surface area (Å²) in [5.74, 6) is 0. The van der Waals surface area contributed by atoms with E-state index < -0.39 is 10.0 Å². The van der Waals surface area contributed by atoms with Crippen molar-refractivity contribution >= 4 is 26.5 Å². The van der Waals surface area contributed by atoms with E-state index in [4.69, 9.17) is 0 Å². The zero-order valence-corrected chi connectivity index (χ0v) is 14.0. The lowest BCUT2D eigenvalue weighted by Gasteiger charge is -2.06. The standard InChI is InChI=1S/C13H20N4O2S2/c1-4-5-17-8-12(6-11(17)7-14-3)21(18,19)16-13-15-10(2)9-20-13/h6,8-9,14H,4-5,7H2,1-3H3,(H,15,16). The van der Waals surface area contributed by atoms with Gasteiger partial charge in [0.1, 0.15) is 4.90 Å². The molecule has 116 valence electrons. The SMILES string of the molecule is CCCn1cc(S(=O)(=O)Nc2nc(C)cs2)cc1CNC. The number of nitrogens with one attached hydrogen (secondary N) is 2. The van der Waals surface area contributed by atoms with Crippen LogP contribution in [0.5, 0.6) is 0 Å². The second kappa shape index (κ2) is 6.59. The van der Waals surface area contributed by atoms with Crippen LogP contribution in [0.3, 0.4) is 0 Å². The van der Waals surface area contributed by atoms with Gasteiger partial charge in [0.15, 0.2) is 5.13 Å². The summed E-state index contributed by atoms with van der Waals surface area (Å²) >= 11 is 1.28. The number of nitrogens with zero attached hydrogens (tertiary/aromatic N) is 2. The quantitative estimate of drug-likeness (QED) is 0.817. The lowest BCUT2D eigenvalue weighted by Crippen LogP contribution is -2.12. The van der Waals surface area contributed by atoms with Crippen LogP contribution < -0.4 is 10.0 Å². The molecule has 2 aromatic rings. The second-order valence-corrected chi connectivity index (χ2v) is 7.33. The molecule has 0 fully saturated rings. The Labute approximate surface area is 129 Å². The van der Waals surface area contributed by atoms with E-state index in [2.05, 4.69) is 21.9 Å². The summed E-state index contributed by atoms with van der Waals surface area (Å²) in [5.41, 5.74) is 1.76. The normalized spacial score (nSPS) is 11.8. The van der Waals surface area contributed by atoms with Gasteiger partial charge in [-0.1, -0.05) is 6.92 Å². The monoisotopic (exact) mass is 328 g/mol. The molecule has 0 unspecified atom stereocenters. The average molecular weight is 328 g/mol. The lowest BCUT2D eigenvalue weighted by molar-refractivity contribution is 0.599. The molecule has 0 saturated carbocycles. The van der Waals surface area contributed by atoms with Crippen LogP contribution >= 0.6 is 11.3 Å². The third kappa shape index (κ3) is 3.84. The Bertz CT molecular complexity index is 680. The number of rotatable bonds is 7. The first-order chi connectivity index (χ1) is 9.96. The molecule has 2 rings (SSSR count). The Hall–Kier alpha value is -1.38. The van der Waals surface area contributed by atoms with Crippen molar-refractivity contribution < 1.29 is 8.42 Å². The Kier molecular flexibility index (Phi) is 5.02.